The van der Waals surface area contributed by atoms with Crippen molar-refractivity contribution in [2.45, 2.75) is 32.7 Å². The molecule has 1 amide bonds. The second kappa shape index (κ2) is 8.96. The third kappa shape index (κ3) is 4.71. The number of benzene rings is 1. The lowest BCUT2D eigenvalue weighted by Crippen LogP contribution is -2.31. The highest BCUT2D eigenvalue weighted by molar-refractivity contribution is 7.07. The molecule has 0 bridgehead atoms. The van der Waals surface area contributed by atoms with Crippen molar-refractivity contribution in [2.75, 3.05) is 6.54 Å². The van der Waals surface area contributed by atoms with Crippen molar-refractivity contribution in [3.8, 4) is 11.5 Å². The van der Waals surface area contributed by atoms with E-state index in [1.165, 1.54) is 5.56 Å². The van der Waals surface area contributed by atoms with Crippen LogP contribution in [-0.4, -0.2) is 27.5 Å². The third-order valence-corrected chi connectivity index (χ3v) is 5.01. The summed E-state index contributed by atoms with van der Waals surface area (Å²) in [5, 5.41) is 12.8. The number of thiophene rings is 1. The van der Waals surface area contributed by atoms with Gasteiger partial charge in [-0.3, -0.25) is 4.79 Å². The van der Waals surface area contributed by atoms with Crippen LogP contribution in [0.15, 0.2) is 45.5 Å². The summed E-state index contributed by atoms with van der Waals surface area (Å²) in [5.74, 6) is 0.876. The lowest BCUT2D eigenvalue weighted by Gasteiger charge is -2.20. The van der Waals surface area contributed by atoms with Crippen molar-refractivity contribution >= 4 is 28.8 Å². The standard InChI is InChI=1S/C19H20ClN3O2S/c1-2-10-23(18(24)8-7-14-9-11-26-13-14)12-17-21-22-19(25-17)15-5-3-4-6-16(15)20/h3-6,9,11,13H,2,7-8,10,12H2,1H3. The number of amides is 1. The minimum atomic E-state index is 0.0931. The fraction of sp³-hybridized carbons (Fsp3) is 0.316. The average molecular weight is 390 g/mol. The van der Waals surface area contributed by atoms with E-state index in [-0.39, 0.29) is 5.91 Å². The molecule has 0 spiro atoms. The SMILES string of the molecule is CCCN(Cc1nnc(-c2ccccc2Cl)o1)C(=O)CCc1ccsc1. The normalized spacial score (nSPS) is 10.8. The van der Waals surface area contributed by atoms with Crippen molar-refractivity contribution in [1.82, 2.24) is 15.1 Å². The molecule has 0 unspecified atom stereocenters. The molecule has 3 aromatic rings. The highest BCUT2D eigenvalue weighted by Gasteiger charge is 2.18. The molecule has 0 atom stereocenters. The maximum atomic E-state index is 12.6. The third-order valence-electron chi connectivity index (χ3n) is 3.95. The van der Waals surface area contributed by atoms with E-state index in [4.69, 9.17) is 16.0 Å². The van der Waals surface area contributed by atoms with Crippen LogP contribution in [0.1, 0.15) is 31.2 Å². The predicted octanol–water partition coefficient (Wildman–Crippen LogP) is 4.82. The van der Waals surface area contributed by atoms with Gasteiger partial charge < -0.3 is 9.32 Å². The van der Waals surface area contributed by atoms with E-state index in [1.807, 2.05) is 30.5 Å². The summed E-state index contributed by atoms with van der Waals surface area (Å²) in [6, 6.07) is 9.37. The summed E-state index contributed by atoms with van der Waals surface area (Å²) >= 11 is 7.82. The first-order valence-corrected chi connectivity index (χ1v) is 9.85. The molecule has 0 aliphatic rings. The van der Waals surface area contributed by atoms with Crippen LogP contribution in [0.25, 0.3) is 11.5 Å². The monoisotopic (exact) mass is 389 g/mol. The van der Waals surface area contributed by atoms with Crippen LogP contribution in [0.4, 0.5) is 0 Å². The van der Waals surface area contributed by atoms with Gasteiger partial charge in [0.15, 0.2) is 0 Å². The Hall–Kier alpha value is -2.18. The molecule has 2 aromatic heterocycles. The summed E-state index contributed by atoms with van der Waals surface area (Å²) < 4.78 is 5.73. The highest BCUT2D eigenvalue weighted by atomic mass is 35.5. The van der Waals surface area contributed by atoms with Gasteiger partial charge in [-0.2, -0.15) is 11.3 Å². The molecule has 3 rings (SSSR count). The zero-order valence-electron chi connectivity index (χ0n) is 14.5. The zero-order valence-corrected chi connectivity index (χ0v) is 16.1. The van der Waals surface area contributed by atoms with E-state index in [0.29, 0.717) is 41.9 Å². The molecule has 0 aliphatic heterocycles. The summed E-state index contributed by atoms with van der Waals surface area (Å²) in [5.41, 5.74) is 1.89. The minimum Gasteiger partial charge on any atom is -0.419 e. The Morgan fingerprint density at radius 3 is 2.85 bits per heavy atom. The van der Waals surface area contributed by atoms with Crippen LogP contribution in [0.2, 0.25) is 5.02 Å². The number of hydrogen-bond donors (Lipinski definition) is 0. The van der Waals surface area contributed by atoms with Gasteiger partial charge in [0.1, 0.15) is 0 Å². The predicted molar refractivity (Wildman–Crippen MR) is 103 cm³/mol. The Morgan fingerprint density at radius 1 is 1.27 bits per heavy atom. The number of aryl methyl sites for hydroxylation is 1. The largest absolute Gasteiger partial charge is 0.419 e. The van der Waals surface area contributed by atoms with Crippen molar-refractivity contribution in [2.24, 2.45) is 0 Å². The van der Waals surface area contributed by atoms with Gasteiger partial charge in [-0.15, -0.1) is 10.2 Å². The Bertz CT molecular complexity index is 848. The second-order valence-electron chi connectivity index (χ2n) is 5.93. The molecular weight excluding hydrogens is 370 g/mol. The van der Waals surface area contributed by atoms with Gasteiger partial charge in [-0.1, -0.05) is 30.7 Å². The zero-order chi connectivity index (χ0) is 18.4. The van der Waals surface area contributed by atoms with E-state index >= 15 is 0 Å². The van der Waals surface area contributed by atoms with E-state index in [1.54, 1.807) is 22.3 Å². The molecule has 2 heterocycles. The minimum absolute atomic E-state index is 0.0931. The van der Waals surface area contributed by atoms with Gasteiger partial charge in [-0.05, 0) is 47.4 Å². The van der Waals surface area contributed by atoms with Crippen molar-refractivity contribution in [1.29, 1.82) is 0 Å². The Morgan fingerprint density at radius 2 is 2.12 bits per heavy atom. The fourth-order valence-electron chi connectivity index (χ4n) is 2.63. The number of halogens is 1. The van der Waals surface area contributed by atoms with Crippen LogP contribution in [0.5, 0.6) is 0 Å². The molecule has 0 radical (unpaired) electrons. The van der Waals surface area contributed by atoms with E-state index in [2.05, 4.69) is 21.6 Å². The molecule has 0 saturated heterocycles. The van der Waals surface area contributed by atoms with Crippen molar-refractivity contribution in [3.05, 3.63) is 57.6 Å². The van der Waals surface area contributed by atoms with E-state index in [0.717, 1.165) is 12.8 Å². The number of carbonyl (C=O) groups excluding carboxylic acids is 1. The summed E-state index contributed by atoms with van der Waals surface area (Å²) in [6.07, 6.45) is 2.09. The first-order chi connectivity index (χ1) is 12.7. The van der Waals surface area contributed by atoms with Crippen molar-refractivity contribution < 1.29 is 9.21 Å². The van der Waals surface area contributed by atoms with E-state index < -0.39 is 0 Å². The maximum Gasteiger partial charge on any atom is 0.249 e. The summed E-state index contributed by atoms with van der Waals surface area (Å²) in [6.45, 7) is 3.02. The Balaban J connectivity index is 1.66. The quantitative estimate of drug-likeness (QED) is 0.554. The number of nitrogens with zero attached hydrogens (tertiary/aromatic N) is 3. The first-order valence-electron chi connectivity index (χ1n) is 8.53. The van der Waals surface area contributed by atoms with Crippen LogP contribution in [-0.2, 0) is 17.8 Å². The van der Waals surface area contributed by atoms with Crippen LogP contribution >= 0.6 is 22.9 Å². The van der Waals surface area contributed by atoms with Gasteiger partial charge in [0.2, 0.25) is 17.7 Å². The van der Waals surface area contributed by atoms with Gasteiger partial charge in [0.25, 0.3) is 0 Å². The van der Waals surface area contributed by atoms with Gasteiger partial charge in [-0.25, -0.2) is 0 Å². The fourth-order valence-corrected chi connectivity index (χ4v) is 3.55. The Labute approximate surface area is 161 Å². The molecule has 1 aromatic carbocycles. The topological polar surface area (TPSA) is 59.2 Å². The molecule has 0 aliphatic carbocycles. The summed E-state index contributed by atoms with van der Waals surface area (Å²) in [4.78, 5) is 14.4. The highest BCUT2D eigenvalue weighted by Crippen LogP contribution is 2.26. The van der Waals surface area contributed by atoms with E-state index in [9.17, 15) is 4.79 Å². The lowest BCUT2D eigenvalue weighted by molar-refractivity contribution is -0.132. The molecule has 0 N–H and O–H groups in total. The summed E-state index contributed by atoms with van der Waals surface area (Å²) in [7, 11) is 0. The Kier molecular flexibility index (Phi) is 6.41. The molecule has 136 valence electrons. The number of carbonyl (C=O) groups is 1. The molecule has 5 nitrogen and oxygen atoms in total. The van der Waals surface area contributed by atoms with Crippen molar-refractivity contribution in [3.63, 3.8) is 0 Å². The van der Waals surface area contributed by atoms with Crippen LogP contribution in [0.3, 0.4) is 0 Å². The first kappa shape index (κ1) is 18.6. The lowest BCUT2D eigenvalue weighted by atomic mass is 10.2. The smallest absolute Gasteiger partial charge is 0.249 e. The number of aromatic nitrogens is 2. The van der Waals surface area contributed by atoms with Crippen LogP contribution < -0.4 is 0 Å². The second-order valence-corrected chi connectivity index (χ2v) is 7.11. The molecule has 26 heavy (non-hydrogen) atoms. The van der Waals surface area contributed by atoms with Crippen LogP contribution in [0, 0.1) is 0 Å². The molecule has 7 heteroatoms. The van der Waals surface area contributed by atoms with Gasteiger partial charge in [0.05, 0.1) is 17.1 Å². The number of rotatable bonds is 8. The van der Waals surface area contributed by atoms with Gasteiger partial charge in [0, 0.05) is 13.0 Å². The maximum absolute atomic E-state index is 12.6. The molecule has 0 fully saturated rings. The average Bonchev–Trinajstić information content (AvgIpc) is 3.31. The van der Waals surface area contributed by atoms with Gasteiger partial charge >= 0.3 is 0 Å². The molecule has 0 saturated carbocycles. The number of hydrogen-bond acceptors (Lipinski definition) is 5. The molecular formula is C19H20ClN3O2S.